The van der Waals surface area contributed by atoms with Gasteiger partial charge in [-0.15, -0.1) is 0 Å². The van der Waals surface area contributed by atoms with E-state index in [1.54, 1.807) is 0 Å². The second-order valence-corrected chi connectivity index (χ2v) is 6.14. The van der Waals surface area contributed by atoms with Crippen molar-refractivity contribution in [2.45, 2.75) is 31.3 Å². The number of rotatable bonds is 2. The first-order valence-corrected chi connectivity index (χ1v) is 7.36. The molecule has 1 aliphatic heterocycles. The number of amidine groups is 1. The average Bonchev–Trinajstić information content (AvgIpc) is 2.81. The van der Waals surface area contributed by atoms with Gasteiger partial charge in [0.2, 0.25) is 0 Å². The van der Waals surface area contributed by atoms with Crippen LogP contribution in [-0.2, 0) is 0 Å². The summed E-state index contributed by atoms with van der Waals surface area (Å²) in [5, 5.41) is 3.57. The molecule has 1 aromatic carbocycles. The number of halogens is 1. The van der Waals surface area contributed by atoms with E-state index in [1.807, 2.05) is 12.1 Å². The first-order chi connectivity index (χ1) is 8.76. The van der Waals surface area contributed by atoms with Crippen molar-refractivity contribution in [3.05, 3.63) is 34.3 Å². The van der Waals surface area contributed by atoms with Gasteiger partial charge in [-0.1, -0.05) is 28.1 Å². The van der Waals surface area contributed by atoms with Crippen LogP contribution < -0.4 is 11.1 Å². The molecule has 0 amide bonds. The third kappa shape index (κ3) is 2.31. The van der Waals surface area contributed by atoms with Crippen LogP contribution in [-0.4, -0.2) is 24.5 Å². The number of nitrogens with zero attached hydrogens (tertiary/aromatic N) is 1. The number of nitrogens with one attached hydrogen (secondary N) is 1. The van der Waals surface area contributed by atoms with E-state index in [4.69, 9.17) is 10.7 Å². The SMILES string of the molecule is NCC1CCC2N=C(c3cccc(Br)c3)NC2C1. The van der Waals surface area contributed by atoms with Crippen LogP contribution in [0.1, 0.15) is 24.8 Å². The molecule has 18 heavy (non-hydrogen) atoms. The molecule has 1 saturated carbocycles. The average molecular weight is 308 g/mol. The van der Waals surface area contributed by atoms with Gasteiger partial charge in [-0.05, 0) is 43.9 Å². The molecule has 3 nitrogen and oxygen atoms in total. The lowest BCUT2D eigenvalue weighted by atomic mass is 9.83. The Morgan fingerprint density at radius 1 is 1.39 bits per heavy atom. The van der Waals surface area contributed by atoms with Crippen LogP contribution >= 0.6 is 15.9 Å². The van der Waals surface area contributed by atoms with Gasteiger partial charge in [0.1, 0.15) is 5.84 Å². The zero-order valence-electron chi connectivity index (χ0n) is 10.3. The molecule has 0 spiro atoms. The van der Waals surface area contributed by atoms with Crippen LogP contribution in [0.2, 0.25) is 0 Å². The summed E-state index contributed by atoms with van der Waals surface area (Å²) in [4.78, 5) is 4.83. The molecule has 3 unspecified atom stereocenters. The smallest absolute Gasteiger partial charge is 0.128 e. The van der Waals surface area contributed by atoms with Crippen molar-refractivity contribution in [3.63, 3.8) is 0 Å². The molecule has 1 fully saturated rings. The van der Waals surface area contributed by atoms with E-state index in [0.29, 0.717) is 18.0 Å². The number of hydrogen-bond acceptors (Lipinski definition) is 3. The second-order valence-electron chi connectivity index (χ2n) is 5.22. The molecule has 0 bridgehead atoms. The summed E-state index contributed by atoms with van der Waals surface area (Å²) in [5.74, 6) is 1.71. The van der Waals surface area contributed by atoms with Gasteiger partial charge in [0.15, 0.2) is 0 Å². The molecule has 1 aromatic rings. The Labute approximate surface area is 116 Å². The fraction of sp³-hybridized carbons (Fsp3) is 0.500. The summed E-state index contributed by atoms with van der Waals surface area (Å²) in [6, 6.07) is 9.24. The second kappa shape index (κ2) is 5.02. The maximum Gasteiger partial charge on any atom is 0.128 e. The lowest BCUT2D eigenvalue weighted by Gasteiger charge is -2.29. The predicted molar refractivity (Wildman–Crippen MR) is 77.8 cm³/mol. The third-order valence-corrected chi connectivity index (χ3v) is 4.46. The highest BCUT2D eigenvalue weighted by molar-refractivity contribution is 9.10. The molecule has 1 aliphatic carbocycles. The molecule has 3 rings (SSSR count). The van der Waals surface area contributed by atoms with E-state index in [9.17, 15) is 0 Å². The zero-order valence-corrected chi connectivity index (χ0v) is 11.9. The number of fused-ring (bicyclic) bond motifs is 1. The minimum absolute atomic E-state index is 0.446. The summed E-state index contributed by atoms with van der Waals surface area (Å²) in [5.41, 5.74) is 6.95. The fourth-order valence-corrected chi connectivity index (χ4v) is 3.34. The van der Waals surface area contributed by atoms with Gasteiger partial charge in [-0.3, -0.25) is 4.99 Å². The van der Waals surface area contributed by atoms with Gasteiger partial charge in [0.25, 0.3) is 0 Å². The summed E-state index contributed by atoms with van der Waals surface area (Å²) in [7, 11) is 0. The van der Waals surface area contributed by atoms with Crippen molar-refractivity contribution in [2.24, 2.45) is 16.6 Å². The fourth-order valence-electron chi connectivity index (χ4n) is 2.94. The first-order valence-electron chi connectivity index (χ1n) is 6.56. The zero-order chi connectivity index (χ0) is 12.5. The van der Waals surface area contributed by atoms with Crippen LogP contribution in [0.25, 0.3) is 0 Å². The quantitative estimate of drug-likeness (QED) is 0.881. The molecule has 0 aromatic heterocycles. The third-order valence-electron chi connectivity index (χ3n) is 3.97. The standard InChI is InChI=1S/C14H18BrN3/c15-11-3-1-2-10(7-11)14-17-12-5-4-9(8-16)6-13(12)18-14/h1-3,7,9,12-13H,4-6,8,16H2,(H,17,18). The predicted octanol–water partition coefficient (Wildman–Crippen LogP) is 2.29. The molecule has 3 N–H and O–H groups in total. The molecular weight excluding hydrogens is 290 g/mol. The van der Waals surface area contributed by atoms with Crippen molar-refractivity contribution in [2.75, 3.05) is 6.54 Å². The summed E-state index contributed by atoms with van der Waals surface area (Å²) in [6.07, 6.45) is 3.54. The number of benzene rings is 1. The highest BCUT2D eigenvalue weighted by Gasteiger charge is 2.34. The van der Waals surface area contributed by atoms with E-state index in [-0.39, 0.29) is 0 Å². The first kappa shape index (κ1) is 12.2. The van der Waals surface area contributed by atoms with Crippen LogP contribution in [0.15, 0.2) is 33.7 Å². The molecular formula is C14H18BrN3. The van der Waals surface area contributed by atoms with Crippen LogP contribution in [0.5, 0.6) is 0 Å². The van der Waals surface area contributed by atoms with Crippen molar-refractivity contribution >= 4 is 21.8 Å². The topological polar surface area (TPSA) is 50.4 Å². The molecule has 0 radical (unpaired) electrons. The van der Waals surface area contributed by atoms with Crippen molar-refractivity contribution in [1.82, 2.24) is 5.32 Å². The number of hydrogen-bond donors (Lipinski definition) is 2. The summed E-state index contributed by atoms with van der Waals surface area (Å²) < 4.78 is 1.10. The van der Waals surface area contributed by atoms with E-state index in [2.05, 4.69) is 33.4 Å². The molecule has 3 atom stereocenters. The number of aliphatic imine (C=N–C) groups is 1. The largest absolute Gasteiger partial charge is 0.365 e. The Kier molecular flexibility index (Phi) is 3.39. The molecule has 4 heteroatoms. The molecule has 0 saturated heterocycles. The van der Waals surface area contributed by atoms with Crippen molar-refractivity contribution in [3.8, 4) is 0 Å². The van der Waals surface area contributed by atoms with E-state index in [1.165, 1.54) is 12.0 Å². The Morgan fingerprint density at radius 2 is 2.28 bits per heavy atom. The van der Waals surface area contributed by atoms with Crippen LogP contribution in [0.4, 0.5) is 0 Å². The molecule has 2 aliphatic rings. The van der Waals surface area contributed by atoms with E-state index < -0.39 is 0 Å². The highest BCUT2D eigenvalue weighted by atomic mass is 79.9. The van der Waals surface area contributed by atoms with Crippen LogP contribution in [0.3, 0.4) is 0 Å². The van der Waals surface area contributed by atoms with Gasteiger partial charge in [-0.2, -0.15) is 0 Å². The van der Waals surface area contributed by atoms with Gasteiger partial charge < -0.3 is 11.1 Å². The normalized spacial score (nSPS) is 30.6. The monoisotopic (exact) mass is 307 g/mol. The van der Waals surface area contributed by atoms with Crippen molar-refractivity contribution in [1.29, 1.82) is 0 Å². The molecule has 1 heterocycles. The minimum Gasteiger partial charge on any atom is -0.365 e. The Balaban J connectivity index is 1.77. The highest BCUT2D eigenvalue weighted by Crippen LogP contribution is 2.30. The maximum atomic E-state index is 5.78. The van der Waals surface area contributed by atoms with Crippen LogP contribution in [0, 0.1) is 5.92 Å². The van der Waals surface area contributed by atoms with Gasteiger partial charge in [-0.25, -0.2) is 0 Å². The lowest BCUT2D eigenvalue weighted by molar-refractivity contribution is 0.294. The van der Waals surface area contributed by atoms with Gasteiger partial charge >= 0.3 is 0 Å². The Hall–Kier alpha value is -0.870. The van der Waals surface area contributed by atoms with E-state index in [0.717, 1.165) is 29.7 Å². The maximum absolute atomic E-state index is 5.78. The lowest BCUT2D eigenvalue weighted by Crippen LogP contribution is -2.41. The van der Waals surface area contributed by atoms with Gasteiger partial charge in [0, 0.05) is 10.0 Å². The van der Waals surface area contributed by atoms with E-state index >= 15 is 0 Å². The van der Waals surface area contributed by atoms with Gasteiger partial charge in [0.05, 0.1) is 12.1 Å². The minimum atomic E-state index is 0.446. The van der Waals surface area contributed by atoms with Crippen molar-refractivity contribution < 1.29 is 0 Å². The summed E-state index contributed by atoms with van der Waals surface area (Å²) >= 11 is 3.51. The molecule has 96 valence electrons. The Bertz CT molecular complexity index is 472. The Morgan fingerprint density at radius 3 is 3.06 bits per heavy atom. The number of nitrogens with two attached hydrogens (primary N) is 1. The summed E-state index contributed by atoms with van der Waals surface area (Å²) in [6.45, 7) is 0.803.